The third-order valence-electron chi connectivity index (χ3n) is 17.2. The maximum atomic E-state index is 6.77. The molecule has 17 rings (SSSR count). The van der Waals surface area contributed by atoms with Crippen LogP contribution in [0.25, 0.3) is 64.7 Å². The summed E-state index contributed by atoms with van der Waals surface area (Å²) in [7, 11) is 0. The van der Waals surface area contributed by atoms with E-state index in [1.54, 1.807) is 0 Å². The summed E-state index contributed by atoms with van der Waals surface area (Å²) in [6, 6.07) is 101. The second kappa shape index (κ2) is 16.4. The van der Waals surface area contributed by atoms with Crippen LogP contribution in [0.2, 0.25) is 0 Å². The summed E-state index contributed by atoms with van der Waals surface area (Å²) in [5.41, 5.74) is 21.2. The van der Waals surface area contributed by atoms with Crippen molar-refractivity contribution in [3.05, 3.63) is 317 Å². The third-order valence-corrected chi connectivity index (χ3v) is 18.4. The monoisotopic (exact) mass is 1010 g/mol. The summed E-state index contributed by atoms with van der Waals surface area (Å²) >= 11 is 1.86. The van der Waals surface area contributed by atoms with E-state index in [1.807, 2.05) is 11.3 Å². The molecule has 0 saturated heterocycles. The minimum absolute atomic E-state index is 0.556. The van der Waals surface area contributed by atoms with Crippen molar-refractivity contribution in [3.8, 4) is 67.5 Å². The fourth-order valence-corrected chi connectivity index (χ4v) is 15.2. The highest BCUT2D eigenvalue weighted by molar-refractivity contribution is 7.25. The maximum Gasteiger partial charge on any atom is 0.132 e. The van der Waals surface area contributed by atoms with Crippen molar-refractivity contribution >= 4 is 48.6 Å². The van der Waals surface area contributed by atoms with Crippen LogP contribution < -0.4 is 14.4 Å². The molecule has 2 aliphatic heterocycles. The molecule has 13 aromatic rings. The van der Waals surface area contributed by atoms with Gasteiger partial charge in [0.05, 0.1) is 22.2 Å². The number of fused-ring (bicyclic) bond motifs is 21. The first kappa shape index (κ1) is 43.5. The minimum atomic E-state index is -0.627. The van der Waals surface area contributed by atoms with Crippen LogP contribution in [-0.4, -0.2) is 0 Å². The van der Waals surface area contributed by atoms with Crippen molar-refractivity contribution in [1.29, 1.82) is 0 Å². The molecule has 0 N–H and O–H groups in total. The number of rotatable bonds is 5. The molecule has 364 valence electrons. The molecule has 4 heteroatoms. The number of ether oxygens (including phenoxy) is 2. The maximum absolute atomic E-state index is 6.77. The molecule has 4 aliphatic rings. The predicted octanol–water partition coefficient (Wildman–Crippen LogP) is 19.8. The highest BCUT2D eigenvalue weighted by atomic mass is 32.1. The number of nitrogens with zero attached hydrogens (tertiary/aromatic N) is 1. The highest BCUT2D eigenvalue weighted by Crippen LogP contribution is 2.66. The second-order valence-electron chi connectivity index (χ2n) is 20.9. The lowest BCUT2D eigenvalue weighted by molar-refractivity contribution is 0.436. The molecule has 0 saturated carbocycles. The Morgan fingerprint density at radius 3 is 1.41 bits per heavy atom. The Bertz CT molecular complexity index is 4570. The first-order chi connectivity index (χ1) is 38.7. The number of benzene rings is 12. The van der Waals surface area contributed by atoms with Crippen molar-refractivity contribution in [2.75, 3.05) is 4.90 Å². The molecule has 2 spiro atoms. The first-order valence-electron chi connectivity index (χ1n) is 26.8. The van der Waals surface area contributed by atoms with Crippen LogP contribution in [0.1, 0.15) is 44.5 Å². The van der Waals surface area contributed by atoms with Crippen molar-refractivity contribution in [2.45, 2.75) is 10.8 Å². The molecule has 3 nitrogen and oxygen atoms in total. The van der Waals surface area contributed by atoms with Crippen LogP contribution in [0, 0.1) is 0 Å². The minimum Gasteiger partial charge on any atom is -0.457 e. The van der Waals surface area contributed by atoms with Gasteiger partial charge in [0, 0.05) is 59.2 Å². The van der Waals surface area contributed by atoms with Crippen LogP contribution in [0.15, 0.2) is 273 Å². The van der Waals surface area contributed by atoms with Gasteiger partial charge in [0.1, 0.15) is 23.0 Å². The summed E-state index contributed by atoms with van der Waals surface area (Å²) in [4.78, 5) is 2.52. The average Bonchev–Trinajstić information content (AvgIpc) is 4.07. The van der Waals surface area contributed by atoms with Crippen molar-refractivity contribution in [3.63, 3.8) is 0 Å². The lowest BCUT2D eigenvalue weighted by Crippen LogP contribution is -2.32. The summed E-state index contributed by atoms with van der Waals surface area (Å²) in [5, 5.41) is 2.60. The Balaban J connectivity index is 0.897. The van der Waals surface area contributed by atoms with Gasteiger partial charge in [-0.2, -0.15) is 0 Å². The molecule has 12 aromatic carbocycles. The standard InChI is InChI=1S/C74H45NO2S/c1-5-22-56-51(19-1)54-45-48(38-42-58(54)73(56)59-24-7-12-31-66(59)76-67-32-13-8-25-60(67)73)50-18-3-11-29-64(50)75(49-40-36-46(37-41-49)47-39-43-71-55(44-47)52-20-4-16-35-70(52)78-71)65-30-17-28-63-72(65)53-21-2-6-23-57(53)74(63)61-26-9-14-33-68(61)77-69-34-15-10-27-62(69)74/h1-45H. The number of hydrogen-bond donors (Lipinski definition) is 0. The Labute approximate surface area is 456 Å². The fourth-order valence-electron chi connectivity index (χ4n) is 14.1. The molecular formula is C74H45NO2S. The molecule has 0 atom stereocenters. The Hall–Kier alpha value is -9.74. The van der Waals surface area contributed by atoms with Gasteiger partial charge in [-0.3, -0.25) is 0 Å². The zero-order valence-electron chi connectivity index (χ0n) is 42.2. The quantitative estimate of drug-likeness (QED) is 0.171. The Morgan fingerprint density at radius 2 is 0.744 bits per heavy atom. The lowest BCUT2D eigenvalue weighted by Gasteiger charge is -2.39. The average molecular weight is 1010 g/mol. The van der Waals surface area contributed by atoms with Gasteiger partial charge in [0.15, 0.2) is 0 Å². The Morgan fingerprint density at radius 1 is 0.282 bits per heavy atom. The molecule has 0 radical (unpaired) electrons. The lowest BCUT2D eigenvalue weighted by atomic mass is 9.66. The van der Waals surface area contributed by atoms with E-state index in [0.29, 0.717) is 0 Å². The normalized spacial score (nSPS) is 14.1. The molecule has 0 fully saturated rings. The molecular weight excluding hydrogens is 967 g/mol. The smallest absolute Gasteiger partial charge is 0.132 e. The molecule has 0 bridgehead atoms. The summed E-state index contributed by atoms with van der Waals surface area (Å²) in [6.45, 7) is 0. The number of thiophene rings is 1. The first-order valence-corrected chi connectivity index (χ1v) is 27.6. The fraction of sp³-hybridized carbons (Fsp3) is 0.0270. The van der Waals surface area contributed by atoms with Crippen molar-refractivity contribution in [2.24, 2.45) is 0 Å². The van der Waals surface area contributed by atoms with Gasteiger partial charge in [0.2, 0.25) is 0 Å². The summed E-state index contributed by atoms with van der Waals surface area (Å²) in [5.74, 6) is 3.54. The SMILES string of the molecule is c1ccc2c(c1)Oc1ccccc1C21c2ccccc2-c2cc(-c3ccccc3N(c3ccc(-c4ccc5sc6ccccc6c5c4)cc3)c3cccc4c3-c3ccccc3C43c4ccccc4Oc4ccccc43)ccc21. The van der Waals surface area contributed by atoms with E-state index in [1.165, 1.54) is 75.8 Å². The van der Waals surface area contributed by atoms with Crippen LogP contribution in [0.3, 0.4) is 0 Å². The molecule has 3 heterocycles. The number of anilines is 3. The van der Waals surface area contributed by atoms with Crippen LogP contribution in [-0.2, 0) is 10.8 Å². The second-order valence-corrected chi connectivity index (χ2v) is 22.0. The van der Waals surface area contributed by atoms with Gasteiger partial charge in [-0.15, -0.1) is 11.3 Å². The molecule has 78 heavy (non-hydrogen) atoms. The van der Waals surface area contributed by atoms with Gasteiger partial charge in [0.25, 0.3) is 0 Å². The zero-order chi connectivity index (χ0) is 51.1. The van der Waals surface area contributed by atoms with E-state index in [0.717, 1.165) is 73.4 Å². The number of para-hydroxylation sites is 5. The molecule has 1 aromatic heterocycles. The van der Waals surface area contributed by atoms with Gasteiger partial charge >= 0.3 is 0 Å². The Kier molecular flexibility index (Phi) is 9.14. The highest BCUT2D eigenvalue weighted by Gasteiger charge is 2.53. The van der Waals surface area contributed by atoms with E-state index < -0.39 is 10.8 Å². The number of hydrogen-bond acceptors (Lipinski definition) is 4. The van der Waals surface area contributed by atoms with Gasteiger partial charge in [-0.1, -0.05) is 200 Å². The summed E-state index contributed by atoms with van der Waals surface area (Å²) in [6.07, 6.45) is 0. The van der Waals surface area contributed by atoms with E-state index in [9.17, 15) is 0 Å². The summed E-state index contributed by atoms with van der Waals surface area (Å²) < 4.78 is 16.1. The topological polar surface area (TPSA) is 21.7 Å². The molecule has 0 unspecified atom stereocenters. The molecule has 2 aliphatic carbocycles. The van der Waals surface area contributed by atoms with Crippen LogP contribution in [0.4, 0.5) is 17.1 Å². The van der Waals surface area contributed by atoms with E-state index in [2.05, 4.69) is 278 Å². The van der Waals surface area contributed by atoms with E-state index in [-0.39, 0.29) is 0 Å². The van der Waals surface area contributed by atoms with Gasteiger partial charge in [-0.05, 0) is 128 Å². The third kappa shape index (κ3) is 5.82. The van der Waals surface area contributed by atoms with Crippen molar-refractivity contribution < 1.29 is 9.47 Å². The van der Waals surface area contributed by atoms with Crippen LogP contribution in [0.5, 0.6) is 23.0 Å². The van der Waals surface area contributed by atoms with Gasteiger partial charge < -0.3 is 14.4 Å². The predicted molar refractivity (Wildman–Crippen MR) is 320 cm³/mol. The van der Waals surface area contributed by atoms with E-state index >= 15 is 0 Å². The van der Waals surface area contributed by atoms with Crippen LogP contribution >= 0.6 is 11.3 Å². The van der Waals surface area contributed by atoms with Crippen molar-refractivity contribution in [1.82, 2.24) is 0 Å². The largest absolute Gasteiger partial charge is 0.457 e. The molecule has 0 amide bonds. The zero-order valence-corrected chi connectivity index (χ0v) is 43.0. The van der Waals surface area contributed by atoms with Gasteiger partial charge in [-0.25, -0.2) is 0 Å². The van der Waals surface area contributed by atoms with E-state index in [4.69, 9.17) is 9.47 Å².